The highest BCUT2D eigenvalue weighted by Crippen LogP contribution is 2.35. The van der Waals surface area contributed by atoms with Gasteiger partial charge in [0.05, 0.1) is 5.69 Å². The molecule has 0 unspecified atom stereocenters. The lowest BCUT2D eigenvalue weighted by molar-refractivity contribution is 1.03. The van der Waals surface area contributed by atoms with E-state index in [-0.39, 0.29) is 0 Å². The van der Waals surface area contributed by atoms with Crippen molar-refractivity contribution in [1.82, 2.24) is 9.55 Å². The maximum Gasteiger partial charge on any atom is 0.159 e. The van der Waals surface area contributed by atoms with Crippen LogP contribution in [-0.2, 0) is 0 Å². The van der Waals surface area contributed by atoms with Crippen LogP contribution in [0.3, 0.4) is 0 Å². The number of thiophene rings is 1. The van der Waals surface area contributed by atoms with E-state index in [1.54, 1.807) is 11.3 Å². The molecule has 3 nitrogen and oxygen atoms in total. The zero-order chi connectivity index (χ0) is 17.6. The molecular weight excluding hydrogens is 326 g/mol. The third kappa shape index (κ3) is 2.54. The Morgan fingerprint density at radius 2 is 1.80 bits per heavy atom. The summed E-state index contributed by atoms with van der Waals surface area (Å²) in [6, 6.07) is 14.8. The Labute approximate surface area is 150 Å². The van der Waals surface area contributed by atoms with Gasteiger partial charge in [0.2, 0.25) is 0 Å². The summed E-state index contributed by atoms with van der Waals surface area (Å²) in [6.45, 7) is 6.32. The van der Waals surface area contributed by atoms with Crippen LogP contribution in [0.25, 0.3) is 27.2 Å². The van der Waals surface area contributed by atoms with E-state index in [0.29, 0.717) is 5.69 Å². The molecule has 2 aromatic carbocycles. The molecule has 0 radical (unpaired) electrons. The Balaban J connectivity index is 2.03. The van der Waals surface area contributed by atoms with E-state index in [1.165, 1.54) is 26.8 Å². The van der Waals surface area contributed by atoms with E-state index < -0.39 is 0 Å². The molecule has 0 fully saturated rings. The molecule has 0 amide bonds. The van der Waals surface area contributed by atoms with Crippen LogP contribution in [0.5, 0.6) is 0 Å². The molecule has 2 aromatic heterocycles. The molecule has 0 saturated heterocycles. The number of imidazole rings is 1. The van der Waals surface area contributed by atoms with Gasteiger partial charge in [-0.15, -0.1) is 11.3 Å². The topological polar surface area (TPSA) is 41.6 Å². The maximum atomic E-state index is 9.39. The van der Waals surface area contributed by atoms with Crippen molar-refractivity contribution in [2.75, 3.05) is 0 Å². The average molecular weight is 343 g/mol. The Kier molecular flexibility index (Phi) is 3.67. The fourth-order valence-electron chi connectivity index (χ4n) is 3.50. The van der Waals surface area contributed by atoms with Crippen molar-refractivity contribution in [2.45, 2.75) is 20.8 Å². The van der Waals surface area contributed by atoms with Crippen molar-refractivity contribution in [3.63, 3.8) is 0 Å². The smallest absolute Gasteiger partial charge is 0.159 e. The van der Waals surface area contributed by atoms with Crippen LogP contribution in [0, 0.1) is 32.1 Å². The Hall–Kier alpha value is -2.90. The summed E-state index contributed by atoms with van der Waals surface area (Å²) in [6.07, 6.45) is 1.84. The van der Waals surface area contributed by atoms with Gasteiger partial charge >= 0.3 is 0 Å². The van der Waals surface area contributed by atoms with E-state index in [2.05, 4.69) is 66.0 Å². The molecule has 0 saturated carbocycles. The Bertz CT molecular complexity index is 1120. The molecule has 2 heterocycles. The van der Waals surface area contributed by atoms with Crippen LogP contribution in [0.15, 0.2) is 48.0 Å². The molecule has 0 spiro atoms. The highest BCUT2D eigenvalue weighted by Gasteiger charge is 2.18. The van der Waals surface area contributed by atoms with Crippen molar-refractivity contribution in [3.8, 4) is 23.1 Å². The number of aryl methyl sites for hydroxylation is 3. The van der Waals surface area contributed by atoms with Crippen molar-refractivity contribution in [3.05, 3.63) is 70.4 Å². The minimum absolute atomic E-state index is 0.435. The van der Waals surface area contributed by atoms with Gasteiger partial charge in [-0.25, -0.2) is 4.98 Å². The summed E-state index contributed by atoms with van der Waals surface area (Å²) in [7, 11) is 0. The SMILES string of the molecule is Cc1cc(C)c(-n2cc(C#N)nc2-c2csc3ccccc23)c(C)c1. The second kappa shape index (κ2) is 5.87. The van der Waals surface area contributed by atoms with E-state index in [4.69, 9.17) is 0 Å². The fraction of sp³-hybridized carbons (Fsp3) is 0.143. The minimum Gasteiger partial charge on any atom is -0.298 e. The first kappa shape index (κ1) is 15.6. The van der Waals surface area contributed by atoms with Crippen LogP contribution >= 0.6 is 11.3 Å². The van der Waals surface area contributed by atoms with Crippen molar-refractivity contribution >= 4 is 21.4 Å². The van der Waals surface area contributed by atoms with Crippen LogP contribution in [0.1, 0.15) is 22.4 Å². The summed E-state index contributed by atoms with van der Waals surface area (Å²) in [5.74, 6) is 0.823. The summed E-state index contributed by atoms with van der Waals surface area (Å²) in [4.78, 5) is 4.61. The van der Waals surface area contributed by atoms with Gasteiger partial charge in [0, 0.05) is 27.2 Å². The maximum absolute atomic E-state index is 9.39. The van der Waals surface area contributed by atoms with Gasteiger partial charge in [-0.05, 0) is 38.0 Å². The van der Waals surface area contributed by atoms with Gasteiger partial charge in [0.1, 0.15) is 11.9 Å². The number of aromatic nitrogens is 2. The Morgan fingerprint density at radius 3 is 2.52 bits per heavy atom. The first-order valence-corrected chi connectivity index (χ1v) is 9.01. The average Bonchev–Trinajstić information content (AvgIpc) is 3.17. The summed E-state index contributed by atoms with van der Waals surface area (Å²) < 4.78 is 3.29. The largest absolute Gasteiger partial charge is 0.298 e. The molecule has 25 heavy (non-hydrogen) atoms. The standard InChI is InChI=1S/C21H17N3S/c1-13-8-14(2)20(15(3)9-13)24-11-16(10-22)23-21(24)18-12-25-19-7-5-4-6-17(18)19/h4-9,11-12H,1-3H3. The number of fused-ring (bicyclic) bond motifs is 1. The zero-order valence-electron chi connectivity index (χ0n) is 14.4. The Morgan fingerprint density at radius 1 is 1.08 bits per heavy atom. The van der Waals surface area contributed by atoms with Gasteiger partial charge in [0.15, 0.2) is 5.69 Å². The van der Waals surface area contributed by atoms with Gasteiger partial charge in [-0.2, -0.15) is 5.26 Å². The summed E-state index contributed by atoms with van der Waals surface area (Å²) in [5.41, 5.74) is 6.21. The molecule has 4 heteroatoms. The summed E-state index contributed by atoms with van der Waals surface area (Å²) >= 11 is 1.70. The second-order valence-electron chi connectivity index (χ2n) is 6.32. The van der Waals surface area contributed by atoms with E-state index >= 15 is 0 Å². The minimum atomic E-state index is 0.435. The number of nitriles is 1. The highest BCUT2D eigenvalue weighted by atomic mass is 32.1. The molecule has 0 aliphatic heterocycles. The van der Waals surface area contributed by atoms with Crippen molar-refractivity contribution in [2.24, 2.45) is 0 Å². The van der Waals surface area contributed by atoms with Crippen molar-refractivity contribution < 1.29 is 0 Å². The molecule has 4 rings (SSSR count). The summed E-state index contributed by atoms with van der Waals surface area (Å²) in [5, 5.41) is 12.7. The molecule has 0 aliphatic rings. The highest BCUT2D eigenvalue weighted by molar-refractivity contribution is 7.17. The first-order valence-electron chi connectivity index (χ1n) is 8.13. The van der Waals surface area contributed by atoms with Gasteiger partial charge in [-0.1, -0.05) is 35.9 Å². The number of hydrogen-bond donors (Lipinski definition) is 0. The number of rotatable bonds is 2. The van der Waals surface area contributed by atoms with Crippen LogP contribution in [-0.4, -0.2) is 9.55 Å². The molecule has 0 N–H and O–H groups in total. The zero-order valence-corrected chi connectivity index (χ0v) is 15.2. The number of benzene rings is 2. The second-order valence-corrected chi connectivity index (χ2v) is 7.24. The molecule has 122 valence electrons. The normalized spacial score (nSPS) is 11.0. The van der Waals surface area contributed by atoms with E-state index in [1.807, 2.05) is 18.3 Å². The monoisotopic (exact) mass is 343 g/mol. The quantitative estimate of drug-likeness (QED) is 0.479. The predicted molar refractivity (Wildman–Crippen MR) is 103 cm³/mol. The molecule has 4 aromatic rings. The lowest BCUT2D eigenvalue weighted by Crippen LogP contribution is -2.02. The van der Waals surface area contributed by atoms with E-state index in [9.17, 15) is 5.26 Å². The number of nitrogens with zero attached hydrogens (tertiary/aromatic N) is 3. The van der Waals surface area contributed by atoms with Crippen LogP contribution < -0.4 is 0 Å². The van der Waals surface area contributed by atoms with Gasteiger partial charge < -0.3 is 0 Å². The first-order chi connectivity index (χ1) is 12.1. The van der Waals surface area contributed by atoms with E-state index in [0.717, 1.165) is 17.1 Å². The lowest BCUT2D eigenvalue weighted by atomic mass is 10.0. The molecule has 0 atom stereocenters. The van der Waals surface area contributed by atoms with Crippen LogP contribution in [0.2, 0.25) is 0 Å². The van der Waals surface area contributed by atoms with Crippen molar-refractivity contribution in [1.29, 1.82) is 5.26 Å². The lowest BCUT2D eigenvalue weighted by Gasteiger charge is -2.14. The fourth-order valence-corrected chi connectivity index (χ4v) is 4.44. The molecular formula is C21H17N3S. The predicted octanol–water partition coefficient (Wildman–Crippen LogP) is 5.55. The third-order valence-electron chi connectivity index (χ3n) is 4.42. The number of hydrogen-bond acceptors (Lipinski definition) is 3. The van der Waals surface area contributed by atoms with Gasteiger partial charge in [-0.3, -0.25) is 4.57 Å². The molecule has 0 bridgehead atoms. The third-order valence-corrected chi connectivity index (χ3v) is 5.38. The van der Waals surface area contributed by atoms with Gasteiger partial charge in [0.25, 0.3) is 0 Å². The molecule has 0 aliphatic carbocycles. The van der Waals surface area contributed by atoms with Crippen LogP contribution in [0.4, 0.5) is 0 Å².